The molecule has 0 saturated carbocycles. The number of alkyl carbamates (subject to hydrolysis) is 1. The van der Waals surface area contributed by atoms with E-state index in [1.807, 2.05) is 13.8 Å². The van der Waals surface area contributed by atoms with E-state index in [0.717, 1.165) is 6.42 Å². The van der Waals surface area contributed by atoms with Gasteiger partial charge in [-0.3, -0.25) is 4.79 Å². The summed E-state index contributed by atoms with van der Waals surface area (Å²) in [4.78, 5) is 35.4. The summed E-state index contributed by atoms with van der Waals surface area (Å²) >= 11 is 0. The minimum Gasteiger partial charge on any atom is -0.461 e. The number of methoxy groups -OCH3 is 1. The largest absolute Gasteiger partial charge is 0.461 e. The smallest absolute Gasteiger partial charge is 0.407 e. The molecular weight excluding hydrogens is 644 g/mol. The Morgan fingerprint density at radius 3 is 2.50 bits per heavy atom. The van der Waals surface area contributed by atoms with Crippen molar-refractivity contribution < 1.29 is 36.3 Å². The Morgan fingerprint density at radius 2 is 1.81 bits per heavy atom. The summed E-state index contributed by atoms with van der Waals surface area (Å²) in [6.07, 6.45) is 3.56. The molecule has 2 aromatic carbocycles. The summed E-state index contributed by atoms with van der Waals surface area (Å²) < 4.78 is 67.4. The Balaban J connectivity index is 1.44. The van der Waals surface area contributed by atoms with E-state index in [1.54, 1.807) is 10.4 Å². The van der Waals surface area contributed by atoms with Crippen molar-refractivity contribution >= 4 is 21.9 Å². The maximum absolute atomic E-state index is 15.4. The SMILES string of the molecule is COC(=O)N[C@H](C(=O)Cc1cccc(F)c1CC[C@H]1CN[C@@H]2CCCS(=O)(=O)N1C2)[C@@H](c1ccc(F)cc1)c1cnc(OC(C)C)nc1. The number of sulfonamides is 1. The highest BCUT2D eigenvalue weighted by atomic mass is 32.2. The van der Waals surface area contributed by atoms with Crippen LogP contribution in [0, 0.1) is 11.6 Å². The summed E-state index contributed by atoms with van der Waals surface area (Å²) in [6, 6.07) is 8.59. The van der Waals surface area contributed by atoms with E-state index in [-0.39, 0.29) is 42.8 Å². The number of nitrogens with one attached hydrogen (secondary N) is 2. The molecular formula is C34H41F2N5O6S. The monoisotopic (exact) mass is 685 g/mol. The lowest BCUT2D eigenvalue weighted by Crippen LogP contribution is -2.57. The maximum Gasteiger partial charge on any atom is 0.407 e. The molecule has 48 heavy (non-hydrogen) atoms. The number of carbonyl (C=O) groups excluding carboxylic acids is 2. The summed E-state index contributed by atoms with van der Waals surface area (Å²) in [6.45, 7) is 4.49. The third kappa shape index (κ3) is 8.52. The van der Waals surface area contributed by atoms with E-state index in [4.69, 9.17) is 9.47 Å². The fraction of sp³-hybridized carbons (Fsp3) is 0.471. The molecule has 11 nitrogen and oxygen atoms in total. The predicted octanol–water partition coefficient (Wildman–Crippen LogP) is 3.91. The van der Waals surface area contributed by atoms with Gasteiger partial charge in [0.05, 0.1) is 19.0 Å². The quantitative estimate of drug-likeness (QED) is 0.291. The molecule has 258 valence electrons. The molecule has 1 aromatic heterocycles. The predicted molar refractivity (Wildman–Crippen MR) is 174 cm³/mol. The lowest BCUT2D eigenvalue weighted by molar-refractivity contribution is -0.120. The van der Waals surface area contributed by atoms with Gasteiger partial charge in [-0.25, -0.2) is 32.0 Å². The fourth-order valence-electron chi connectivity index (χ4n) is 6.44. The number of fused-ring (bicyclic) bond motifs is 2. The van der Waals surface area contributed by atoms with E-state index < -0.39 is 45.5 Å². The van der Waals surface area contributed by atoms with E-state index in [9.17, 15) is 22.4 Å². The average Bonchev–Trinajstić information content (AvgIpc) is 3.17. The van der Waals surface area contributed by atoms with E-state index >= 15 is 4.39 Å². The van der Waals surface area contributed by atoms with Crippen LogP contribution >= 0.6 is 0 Å². The number of piperazine rings is 1. The van der Waals surface area contributed by atoms with Gasteiger partial charge in [0.1, 0.15) is 17.7 Å². The van der Waals surface area contributed by atoms with Gasteiger partial charge in [0, 0.05) is 49.9 Å². The van der Waals surface area contributed by atoms with Gasteiger partial charge in [-0.1, -0.05) is 24.3 Å². The number of ether oxygens (including phenoxy) is 2. The number of halogens is 2. The molecule has 2 aliphatic rings. The molecule has 2 N–H and O–H groups in total. The Hall–Kier alpha value is -4.01. The standard InChI is InChI=1S/C34H41F2N5O6S/c1-21(2)47-33-38-17-24(18-39-33)31(22-9-11-25(35)12-10-22)32(40-34(43)46-3)30(42)16-23-6-4-8-29(36)28(23)14-13-27-19-37-26-7-5-15-48(44,45)41(27)20-26/h4,6,8-12,17-18,21,26-27,31-32,37H,5,7,13-16,19-20H2,1-3H3,(H,40,43)/t26-,27+,31+,32-/m1/s1. The lowest BCUT2D eigenvalue weighted by atomic mass is 9.82. The molecule has 5 rings (SSSR count). The van der Waals surface area contributed by atoms with Crippen LogP contribution in [-0.2, 0) is 32.4 Å². The molecule has 0 radical (unpaired) electrons. The number of hydrogen-bond donors (Lipinski definition) is 2. The van der Waals surface area contributed by atoms with Gasteiger partial charge in [-0.2, -0.15) is 4.31 Å². The summed E-state index contributed by atoms with van der Waals surface area (Å²) in [5.74, 6) is -2.26. The fourth-order valence-corrected chi connectivity index (χ4v) is 8.25. The summed E-state index contributed by atoms with van der Waals surface area (Å²) in [7, 11) is -2.26. The van der Waals surface area contributed by atoms with Crippen LogP contribution in [0.15, 0.2) is 54.9 Å². The third-order valence-corrected chi connectivity index (χ3v) is 10.8. The number of ketones is 1. The molecule has 5 atom stereocenters. The van der Waals surface area contributed by atoms with Crippen LogP contribution in [0.1, 0.15) is 61.3 Å². The first-order valence-electron chi connectivity index (χ1n) is 16.1. The van der Waals surface area contributed by atoms with Gasteiger partial charge in [0.25, 0.3) is 0 Å². The topological polar surface area (TPSA) is 140 Å². The number of nitrogens with zero attached hydrogens (tertiary/aromatic N) is 3. The van der Waals surface area contributed by atoms with Crippen LogP contribution in [0.4, 0.5) is 13.6 Å². The molecule has 2 fully saturated rings. The van der Waals surface area contributed by atoms with Gasteiger partial charge in [-0.05, 0) is 80.0 Å². The Kier molecular flexibility index (Phi) is 11.4. The van der Waals surface area contributed by atoms with Gasteiger partial charge >= 0.3 is 12.1 Å². The lowest BCUT2D eigenvalue weighted by Gasteiger charge is -2.37. The molecule has 3 aromatic rings. The molecule has 2 saturated heterocycles. The van der Waals surface area contributed by atoms with Crippen molar-refractivity contribution in [1.82, 2.24) is 24.9 Å². The first-order chi connectivity index (χ1) is 22.9. The maximum atomic E-state index is 15.4. The first-order valence-corrected chi connectivity index (χ1v) is 17.7. The van der Waals surface area contributed by atoms with E-state index in [1.165, 1.54) is 55.9 Å². The van der Waals surface area contributed by atoms with Crippen molar-refractivity contribution in [2.75, 3.05) is 26.0 Å². The normalized spacial score (nSPS) is 21.5. The van der Waals surface area contributed by atoms with Gasteiger partial charge < -0.3 is 20.1 Å². The Bertz CT molecular complexity index is 1690. The zero-order chi connectivity index (χ0) is 34.4. The van der Waals surface area contributed by atoms with Crippen LogP contribution in [-0.4, -0.2) is 84.7 Å². The van der Waals surface area contributed by atoms with Crippen LogP contribution in [0.25, 0.3) is 0 Å². The van der Waals surface area contributed by atoms with Gasteiger partial charge in [0.2, 0.25) is 10.0 Å². The molecule has 14 heteroatoms. The number of aromatic nitrogens is 2. The third-order valence-electron chi connectivity index (χ3n) is 8.79. The number of carbonyl (C=O) groups is 2. The number of hydrogen-bond acceptors (Lipinski definition) is 9. The Morgan fingerprint density at radius 1 is 1.08 bits per heavy atom. The van der Waals surface area contributed by atoms with Crippen LogP contribution < -0.4 is 15.4 Å². The summed E-state index contributed by atoms with van der Waals surface area (Å²) in [5, 5.41) is 6.06. The van der Waals surface area contributed by atoms with Crippen molar-refractivity contribution in [3.05, 3.63) is 88.7 Å². The number of Topliss-reactive ketones (excluding diaryl/α,β-unsaturated/α-hetero) is 1. The van der Waals surface area contributed by atoms with Crippen molar-refractivity contribution in [1.29, 1.82) is 0 Å². The molecule has 2 aliphatic heterocycles. The van der Waals surface area contributed by atoms with E-state index in [2.05, 4.69) is 20.6 Å². The van der Waals surface area contributed by atoms with Crippen molar-refractivity contribution in [3.8, 4) is 6.01 Å². The molecule has 3 heterocycles. The van der Waals surface area contributed by atoms with Gasteiger partial charge in [0.15, 0.2) is 5.78 Å². The average molecular weight is 686 g/mol. The summed E-state index contributed by atoms with van der Waals surface area (Å²) in [5.41, 5.74) is 1.64. The molecule has 0 spiro atoms. The molecule has 0 aliphatic carbocycles. The first kappa shape index (κ1) is 35.3. The molecule has 1 amide bonds. The second-order valence-electron chi connectivity index (χ2n) is 12.5. The van der Waals surface area contributed by atoms with Crippen molar-refractivity contribution in [2.24, 2.45) is 0 Å². The van der Waals surface area contributed by atoms with Crippen molar-refractivity contribution in [3.63, 3.8) is 0 Å². The second kappa shape index (κ2) is 15.5. The number of amides is 1. The highest BCUT2D eigenvalue weighted by molar-refractivity contribution is 7.89. The zero-order valence-electron chi connectivity index (χ0n) is 27.2. The molecule has 1 unspecified atom stereocenters. The minimum atomic E-state index is -3.43. The highest BCUT2D eigenvalue weighted by Crippen LogP contribution is 2.31. The Labute approximate surface area is 279 Å². The van der Waals surface area contributed by atoms with Crippen LogP contribution in [0.2, 0.25) is 0 Å². The van der Waals surface area contributed by atoms with E-state index in [0.29, 0.717) is 48.2 Å². The van der Waals surface area contributed by atoms with Gasteiger partial charge in [-0.15, -0.1) is 0 Å². The minimum absolute atomic E-state index is 0.0868. The van der Waals surface area contributed by atoms with Crippen LogP contribution in [0.5, 0.6) is 6.01 Å². The zero-order valence-corrected chi connectivity index (χ0v) is 28.0. The van der Waals surface area contributed by atoms with Crippen molar-refractivity contribution in [2.45, 2.75) is 76.1 Å². The second-order valence-corrected chi connectivity index (χ2v) is 14.5. The van der Waals surface area contributed by atoms with Crippen LogP contribution in [0.3, 0.4) is 0 Å². The number of rotatable bonds is 12. The molecule has 2 bridgehead atoms. The number of benzene rings is 2. The highest BCUT2D eigenvalue weighted by Gasteiger charge is 2.38.